The van der Waals surface area contributed by atoms with Gasteiger partial charge in [0.15, 0.2) is 0 Å². The normalized spacial score (nSPS) is 10.5. The highest BCUT2D eigenvalue weighted by Crippen LogP contribution is 2.03. The van der Waals surface area contributed by atoms with Crippen LogP contribution in [-0.4, -0.2) is 43.8 Å². The number of rotatable bonds is 4. The molecule has 3 nitrogen and oxygen atoms in total. The molecule has 0 aliphatic carbocycles. The molecule has 0 atom stereocenters. The minimum atomic E-state index is 0. The van der Waals surface area contributed by atoms with Crippen LogP contribution in [0.2, 0.25) is 0 Å². The molecule has 0 aliphatic rings. The SMILES string of the molecule is C[N+](C)(C)CCOc1ccccn1.[I-]. The van der Waals surface area contributed by atoms with E-state index in [-0.39, 0.29) is 24.0 Å². The molecule has 0 bridgehead atoms. The molecule has 1 aromatic heterocycles. The number of hydrogen-bond donors (Lipinski definition) is 0. The van der Waals surface area contributed by atoms with Gasteiger partial charge in [0.2, 0.25) is 5.88 Å². The van der Waals surface area contributed by atoms with E-state index in [1.807, 2.05) is 18.2 Å². The molecule has 0 spiro atoms. The van der Waals surface area contributed by atoms with Crippen molar-refractivity contribution in [2.75, 3.05) is 34.3 Å². The molecule has 14 heavy (non-hydrogen) atoms. The van der Waals surface area contributed by atoms with Crippen molar-refractivity contribution in [3.63, 3.8) is 0 Å². The van der Waals surface area contributed by atoms with Crippen LogP contribution in [0.1, 0.15) is 0 Å². The van der Waals surface area contributed by atoms with Gasteiger partial charge in [-0.2, -0.15) is 0 Å². The van der Waals surface area contributed by atoms with Crippen molar-refractivity contribution in [2.45, 2.75) is 0 Å². The van der Waals surface area contributed by atoms with E-state index < -0.39 is 0 Å². The fourth-order valence-corrected chi connectivity index (χ4v) is 0.857. The zero-order chi connectivity index (χ0) is 9.73. The fourth-order valence-electron chi connectivity index (χ4n) is 0.857. The van der Waals surface area contributed by atoms with Gasteiger partial charge in [-0.3, -0.25) is 0 Å². The zero-order valence-corrected chi connectivity index (χ0v) is 11.1. The summed E-state index contributed by atoms with van der Waals surface area (Å²) in [6.07, 6.45) is 1.74. The molecule has 0 aromatic carbocycles. The third kappa shape index (κ3) is 6.15. The van der Waals surface area contributed by atoms with Gasteiger partial charge in [-0.05, 0) is 6.07 Å². The molecule has 0 unspecified atom stereocenters. The van der Waals surface area contributed by atoms with E-state index in [1.54, 1.807) is 6.20 Å². The smallest absolute Gasteiger partial charge is 0.213 e. The maximum Gasteiger partial charge on any atom is 0.213 e. The topological polar surface area (TPSA) is 22.1 Å². The van der Waals surface area contributed by atoms with Crippen molar-refractivity contribution in [3.8, 4) is 5.88 Å². The predicted octanol–water partition coefficient (Wildman–Crippen LogP) is -1.83. The molecule has 0 aliphatic heterocycles. The lowest BCUT2D eigenvalue weighted by Gasteiger charge is -2.23. The van der Waals surface area contributed by atoms with Crippen molar-refractivity contribution in [1.29, 1.82) is 0 Å². The van der Waals surface area contributed by atoms with Crippen LogP contribution in [-0.2, 0) is 0 Å². The first-order valence-corrected chi connectivity index (χ1v) is 4.42. The Morgan fingerprint density at radius 1 is 1.29 bits per heavy atom. The van der Waals surface area contributed by atoms with Crippen LogP contribution in [0, 0.1) is 0 Å². The van der Waals surface area contributed by atoms with Crippen LogP contribution in [0.15, 0.2) is 24.4 Å². The summed E-state index contributed by atoms with van der Waals surface area (Å²) in [5.74, 6) is 0.705. The Morgan fingerprint density at radius 3 is 2.50 bits per heavy atom. The summed E-state index contributed by atoms with van der Waals surface area (Å²) in [5.41, 5.74) is 0. The van der Waals surface area contributed by atoms with Crippen LogP contribution in [0.5, 0.6) is 5.88 Å². The van der Waals surface area contributed by atoms with E-state index in [0.717, 1.165) is 11.0 Å². The number of halogens is 1. The van der Waals surface area contributed by atoms with Gasteiger partial charge in [0.25, 0.3) is 0 Å². The molecule has 0 saturated carbocycles. The largest absolute Gasteiger partial charge is 1.00 e. The number of aromatic nitrogens is 1. The van der Waals surface area contributed by atoms with Gasteiger partial charge in [0, 0.05) is 12.3 Å². The molecule has 1 heterocycles. The Hall–Kier alpha value is -0.360. The predicted molar refractivity (Wildman–Crippen MR) is 52.6 cm³/mol. The maximum atomic E-state index is 5.46. The number of hydrogen-bond acceptors (Lipinski definition) is 2. The van der Waals surface area contributed by atoms with Gasteiger partial charge in [-0.15, -0.1) is 0 Å². The molecule has 1 aromatic rings. The maximum absolute atomic E-state index is 5.46. The molecule has 80 valence electrons. The Bertz CT molecular complexity index is 246. The van der Waals surface area contributed by atoms with Crippen LogP contribution in [0.3, 0.4) is 0 Å². The second-order valence-corrected chi connectivity index (χ2v) is 4.03. The third-order valence-electron chi connectivity index (χ3n) is 1.65. The first-order chi connectivity index (χ1) is 6.08. The number of nitrogens with zero attached hydrogens (tertiary/aromatic N) is 2. The first kappa shape index (κ1) is 13.6. The molecule has 1 rings (SSSR count). The van der Waals surface area contributed by atoms with Crippen molar-refractivity contribution in [1.82, 2.24) is 4.98 Å². The minimum absolute atomic E-state index is 0. The summed E-state index contributed by atoms with van der Waals surface area (Å²) in [4.78, 5) is 4.07. The summed E-state index contributed by atoms with van der Waals surface area (Å²) in [6, 6.07) is 5.68. The lowest BCUT2D eigenvalue weighted by atomic mass is 10.5. The van der Waals surface area contributed by atoms with Gasteiger partial charge in [0.1, 0.15) is 13.2 Å². The number of quaternary nitrogens is 1. The van der Waals surface area contributed by atoms with Gasteiger partial charge in [-0.1, -0.05) is 6.07 Å². The molecule has 4 heteroatoms. The highest BCUT2D eigenvalue weighted by atomic mass is 127. The standard InChI is InChI=1S/C10H17N2O.HI/c1-12(2,3)8-9-13-10-6-4-5-7-11-10;/h4-7H,8-9H2,1-3H3;1H/q+1;/p-1. The van der Waals surface area contributed by atoms with Gasteiger partial charge >= 0.3 is 0 Å². The third-order valence-corrected chi connectivity index (χ3v) is 1.65. The molecular formula is C10H17IN2O. The van der Waals surface area contributed by atoms with E-state index in [0.29, 0.717) is 12.5 Å². The monoisotopic (exact) mass is 308 g/mol. The van der Waals surface area contributed by atoms with Crippen molar-refractivity contribution < 1.29 is 33.2 Å². The number of pyridine rings is 1. The molecule has 0 radical (unpaired) electrons. The summed E-state index contributed by atoms with van der Waals surface area (Å²) in [5, 5.41) is 0. The first-order valence-electron chi connectivity index (χ1n) is 4.42. The van der Waals surface area contributed by atoms with Crippen LogP contribution in [0.4, 0.5) is 0 Å². The Kier molecular flexibility index (Phi) is 6.03. The molecule has 0 saturated heterocycles. The Balaban J connectivity index is 0.00000169. The summed E-state index contributed by atoms with van der Waals surface area (Å²) in [7, 11) is 6.42. The molecule has 0 amide bonds. The van der Waals surface area contributed by atoms with E-state index in [2.05, 4.69) is 26.1 Å². The average Bonchev–Trinajstić information content (AvgIpc) is 2.04. The zero-order valence-electron chi connectivity index (χ0n) is 8.90. The second-order valence-electron chi connectivity index (χ2n) is 4.03. The van der Waals surface area contributed by atoms with Crippen molar-refractivity contribution >= 4 is 0 Å². The van der Waals surface area contributed by atoms with Gasteiger partial charge in [0.05, 0.1) is 21.1 Å². The van der Waals surface area contributed by atoms with Crippen molar-refractivity contribution in [2.24, 2.45) is 0 Å². The Labute approximate surface area is 103 Å². The van der Waals surface area contributed by atoms with E-state index in [9.17, 15) is 0 Å². The van der Waals surface area contributed by atoms with Gasteiger partial charge < -0.3 is 33.2 Å². The van der Waals surface area contributed by atoms with Gasteiger partial charge in [-0.25, -0.2) is 4.98 Å². The van der Waals surface area contributed by atoms with Crippen LogP contribution < -0.4 is 28.7 Å². The van der Waals surface area contributed by atoms with Crippen LogP contribution >= 0.6 is 0 Å². The number of ether oxygens (including phenoxy) is 1. The Morgan fingerprint density at radius 2 is 2.00 bits per heavy atom. The van der Waals surface area contributed by atoms with E-state index in [1.165, 1.54) is 0 Å². The van der Waals surface area contributed by atoms with Crippen molar-refractivity contribution in [3.05, 3.63) is 24.4 Å². The lowest BCUT2D eigenvalue weighted by Crippen LogP contribution is -3.00. The summed E-state index contributed by atoms with van der Waals surface area (Å²) >= 11 is 0. The average molecular weight is 308 g/mol. The highest BCUT2D eigenvalue weighted by Gasteiger charge is 2.06. The molecule has 0 fully saturated rings. The number of likely N-dealkylation sites (N-methyl/N-ethyl adjacent to an activating group) is 1. The minimum Gasteiger partial charge on any atom is -1.00 e. The lowest BCUT2D eigenvalue weighted by molar-refractivity contribution is -0.870. The van der Waals surface area contributed by atoms with Crippen LogP contribution in [0.25, 0.3) is 0 Å². The fraction of sp³-hybridized carbons (Fsp3) is 0.500. The summed E-state index contributed by atoms with van der Waals surface area (Å²) in [6.45, 7) is 1.69. The van der Waals surface area contributed by atoms with E-state index in [4.69, 9.17) is 4.74 Å². The highest BCUT2D eigenvalue weighted by molar-refractivity contribution is 5.08. The second kappa shape index (κ2) is 6.19. The molecule has 0 N–H and O–H groups in total. The molecular weight excluding hydrogens is 291 g/mol. The summed E-state index contributed by atoms with van der Waals surface area (Å²) < 4.78 is 6.36. The van der Waals surface area contributed by atoms with E-state index >= 15 is 0 Å². The quantitative estimate of drug-likeness (QED) is 0.482.